The molecule has 0 aliphatic carbocycles. The third-order valence-corrected chi connectivity index (χ3v) is 29.0. The molecule has 20 heteroatoms. The molecule has 0 bridgehead atoms. The molecule has 0 saturated carbocycles. The maximum absolute atomic E-state index is 6.38. The third-order valence-electron chi connectivity index (χ3n) is 29.0. The van der Waals surface area contributed by atoms with Gasteiger partial charge in [-0.25, -0.2) is 0 Å². The van der Waals surface area contributed by atoms with Gasteiger partial charge in [-0.05, 0) is 294 Å². The van der Waals surface area contributed by atoms with Crippen molar-refractivity contribution in [2.45, 2.75) is 194 Å². The van der Waals surface area contributed by atoms with Crippen LogP contribution in [0.1, 0.15) is 138 Å². The quantitative estimate of drug-likeness (QED) is 0.153. The van der Waals surface area contributed by atoms with E-state index < -0.39 is 18.3 Å². The molecule has 0 unspecified atom stereocenters. The highest BCUT2D eigenvalue weighted by Gasteiger charge is 2.56. The first kappa shape index (κ1) is 86.6. The summed E-state index contributed by atoms with van der Waals surface area (Å²) in [5.74, 6) is 0. The van der Waals surface area contributed by atoms with Crippen LogP contribution in [0.2, 0.25) is 0 Å². The van der Waals surface area contributed by atoms with Crippen molar-refractivity contribution < 1.29 is 68.6 Å². The van der Waals surface area contributed by atoms with E-state index in [4.69, 9.17) is 68.6 Å². The van der Waals surface area contributed by atoms with E-state index in [2.05, 4.69) is 299 Å². The molecule has 0 atom stereocenters. The lowest BCUT2D eigenvalue weighted by molar-refractivity contribution is 0.00578. The van der Waals surface area contributed by atoms with Crippen LogP contribution in [0.15, 0.2) is 301 Å². The van der Waals surface area contributed by atoms with E-state index in [0.29, 0.717) is 0 Å². The van der Waals surface area contributed by atoms with Gasteiger partial charge >= 0.3 is 36.2 Å². The molecule has 20 aromatic rings. The van der Waals surface area contributed by atoms with E-state index in [1.165, 1.54) is 45.4 Å². The summed E-state index contributed by atoms with van der Waals surface area (Å²) in [4.78, 5) is 0. The summed E-state index contributed by atoms with van der Waals surface area (Å²) in [6, 6.07) is 96.0. The minimum absolute atomic E-state index is 0.187. The van der Waals surface area contributed by atoms with Crippen LogP contribution in [-0.4, -0.2) is 92.2 Å². The number of para-hydroxylation sites is 4. The summed E-state index contributed by atoms with van der Waals surface area (Å²) in [5.41, 5.74) is 9.84. The van der Waals surface area contributed by atoms with Crippen LogP contribution in [0.5, 0.6) is 0 Å². The number of hydrogen-bond donors (Lipinski definition) is 0. The maximum atomic E-state index is 6.38. The molecule has 15 nitrogen and oxygen atoms in total. The molecule has 10 heterocycles. The number of fused-ring (bicyclic) bond motifs is 20. The van der Waals surface area contributed by atoms with E-state index in [1.807, 2.05) is 119 Å². The minimum atomic E-state index is -0.464. The largest absolute Gasteiger partial charge is 0.499 e. The molecular formula is C110H106B5O15. The van der Waals surface area contributed by atoms with Crippen molar-refractivity contribution in [1.82, 2.24) is 0 Å². The van der Waals surface area contributed by atoms with Gasteiger partial charge in [-0.2, -0.15) is 0 Å². The van der Waals surface area contributed by atoms with Gasteiger partial charge < -0.3 is 68.6 Å². The average Bonchev–Trinajstić information content (AvgIpc) is 1.57. The molecule has 5 aliphatic rings. The lowest BCUT2D eigenvalue weighted by Gasteiger charge is -2.32. The Morgan fingerprint density at radius 1 is 0.185 bits per heavy atom. The van der Waals surface area contributed by atoms with E-state index in [1.54, 1.807) is 0 Å². The number of furan rings is 5. The topological polar surface area (TPSA) is 158 Å². The zero-order valence-corrected chi connectivity index (χ0v) is 77.6. The summed E-state index contributed by atoms with van der Waals surface area (Å²) in [7, 11) is -0.160. The van der Waals surface area contributed by atoms with Crippen molar-refractivity contribution >= 4 is 222 Å². The predicted octanol–water partition coefficient (Wildman–Crippen LogP) is 26.0. The first-order valence-electron chi connectivity index (χ1n) is 45.1. The second-order valence-corrected chi connectivity index (χ2v) is 40.1. The van der Waals surface area contributed by atoms with Gasteiger partial charge in [0.15, 0.2) is 0 Å². The fourth-order valence-corrected chi connectivity index (χ4v) is 17.6. The van der Waals surface area contributed by atoms with E-state index in [9.17, 15) is 0 Å². The molecule has 5 aliphatic heterocycles. The molecular weight excluding hydrogens is 1620 g/mol. The summed E-state index contributed by atoms with van der Waals surface area (Å²) in [5, 5.41) is 23.2. The Morgan fingerprint density at radius 3 is 0.915 bits per heavy atom. The van der Waals surface area contributed by atoms with Crippen LogP contribution in [-0.2, 0) is 46.5 Å². The van der Waals surface area contributed by atoms with Crippen molar-refractivity contribution in [1.29, 1.82) is 0 Å². The van der Waals surface area contributed by atoms with Crippen LogP contribution in [0.25, 0.3) is 164 Å². The first-order valence-corrected chi connectivity index (χ1v) is 45.1. The third kappa shape index (κ3) is 15.3. The second-order valence-electron chi connectivity index (χ2n) is 40.1. The summed E-state index contributed by atoms with van der Waals surface area (Å²) >= 11 is 0. The highest BCUT2D eigenvalue weighted by atomic mass is 16.7. The van der Waals surface area contributed by atoms with E-state index in [-0.39, 0.29) is 66.2 Å². The predicted molar refractivity (Wildman–Crippen MR) is 535 cm³/mol. The zero-order chi connectivity index (χ0) is 90.8. The fourth-order valence-electron chi connectivity index (χ4n) is 17.6. The van der Waals surface area contributed by atoms with Gasteiger partial charge in [-0.1, -0.05) is 194 Å². The van der Waals surface area contributed by atoms with Gasteiger partial charge in [0, 0.05) is 59.3 Å². The summed E-state index contributed by atoms with van der Waals surface area (Å²) in [6.45, 7) is 41.2. The van der Waals surface area contributed by atoms with Crippen molar-refractivity contribution in [3.05, 3.63) is 279 Å². The lowest BCUT2D eigenvalue weighted by atomic mass is 9.75. The Kier molecular flexibility index (Phi) is 21.1. The van der Waals surface area contributed by atoms with E-state index >= 15 is 0 Å². The average molecular weight is 1720 g/mol. The van der Waals surface area contributed by atoms with Crippen LogP contribution in [0, 0.1) is 0 Å². The second kappa shape index (κ2) is 31.7. The summed E-state index contributed by atoms with van der Waals surface area (Å²) in [6.07, 6.45) is 0. The monoisotopic (exact) mass is 1720 g/mol. The van der Waals surface area contributed by atoms with Crippen molar-refractivity contribution in [2.75, 3.05) is 0 Å². The number of hydrogen-bond acceptors (Lipinski definition) is 15. The fraction of sp³-hybridized carbons (Fsp3) is 0.273. The molecule has 130 heavy (non-hydrogen) atoms. The highest BCUT2D eigenvalue weighted by Crippen LogP contribution is 2.45. The van der Waals surface area contributed by atoms with Crippen LogP contribution in [0.4, 0.5) is 0 Å². The van der Waals surface area contributed by atoms with Crippen LogP contribution < -0.4 is 21.9 Å². The smallest absolute Gasteiger partial charge is 0.456 e. The molecule has 0 N–H and O–H groups in total. The lowest BCUT2D eigenvalue weighted by Crippen LogP contribution is -2.41. The Hall–Kier alpha value is -11.5. The SMILES string of the molecule is CC1(C)OB(c2c3ccccc3cc3c2oc2ccccc23)OC1(C)C.CC1(C)OB(c2ccc3c(c2)oc2cc4ccccc4cc23)OC1(C)C.CC1(C)OB(c2ccc3cc4c(cc3c2)oc2ccccc24)OC1(C)C.CC1(C)OB(c2cccc3cc4c(cc23)oc2ccccc24)OC1(C)C.CC1(C)O[B]OC1(C)C.c1ccc2cc3c(cc2c1)oc1ccccc13. The van der Waals surface area contributed by atoms with Gasteiger partial charge in [0.2, 0.25) is 0 Å². The van der Waals surface area contributed by atoms with E-state index in [0.717, 1.165) is 148 Å². The molecule has 15 aromatic carbocycles. The highest BCUT2D eigenvalue weighted by molar-refractivity contribution is 6.68. The maximum Gasteiger partial charge on any atom is 0.499 e. The summed E-state index contributed by atoms with van der Waals surface area (Å²) < 4.78 is 90.9. The van der Waals surface area contributed by atoms with Gasteiger partial charge in [-0.3, -0.25) is 0 Å². The molecule has 0 amide bonds. The molecule has 0 spiro atoms. The van der Waals surface area contributed by atoms with Gasteiger partial charge in [0.1, 0.15) is 55.8 Å². The Morgan fingerprint density at radius 2 is 0.477 bits per heavy atom. The van der Waals surface area contributed by atoms with Crippen molar-refractivity contribution in [2.24, 2.45) is 0 Å². The molecule has 5 aromatic heterocycles. The Balaban J connectivity index is 0.0000000997. The van der Waals surface area contributed by atoms with Gasteiger partial charge in [0.25, 0.3) is 0 Å². The van der Waals surface area contributed by atoms with Crippen molar-refractivity contribution in [3.63, 3.8) is 0 Å². The minimum Gasteiger partial charge on any atom is -0.456 e. The first-order chi connectivity index (χ1) is 61.8. The number of rotatable bonds is 4. The molecule has 651 valence electrons. The normalized spacial score (nSPS) is 18.8. The Bertz CT molecular complexity index is 7680. The Labute approximate surface area is 759 Å². The molecule has 5 fully saturated rings. The zero-order valence-electron chi connectivity index (χ0n) is 77.6. The van der Waals surface area contributed by atoms with Crippen LogP contribution >= 0.6 is 0 Å². The molecule has 1 radical (unpaired) electrons. The molecule has 25 rings (SSSR count). The van der Waals surface area contributed by atoms with Crippen LogP contribution in [0.3, 0.4) is 0 Å². The van der Waals surface area contributed by atoms with Gasteiger partial charge in [-0.15, -0.1) is 0 Å². The van der Waals surface area contributed by atoms with Crippen molar-refractivity contribution in [3.8, 4) is 0 Å². The van der Waals surface area contributed by atoms with Gasteiger partial charge in [0.05, 0.1) is 56.0 Å². The number of benzene rings is 15. The molecule has 5 saturated heterocycles. The standard InChI is InChI=1S/4C22H21BO3.C16H10O.C6H12BO2/c1-21(2)22(3,4)26-23(25-21)18-10-7-8-14-12-17-15-9-5-6-11-19(15)24-20(17)13-16(14)18;1-21(2)22(3,4)26-23(25-21)19-15-10-6-5-9-14(15)13-17-16-11-7-8-12-18(16)24-20(17)19;1-21(2)22(3,4)26-23(25-21)16-10-9-14-12-18-17-7-5-6-8-19(17)24-20(18)13-15(14)11-16;1-21(2)22(3,4)26-23(25-21)16-9-10-17-18-11-14-7-5-6-8-15(14)12-19(18)24-20(17)13-16;1-2-6-12-10-16-14(9-11(12)5-1)13-7-3-4-8-15(13)17-16;1-5(2)6(3,4)9-7-8-5/h4*5-13H,1-4H3;1-10H;1-4H3.